The summed E-state index contributed by atoms with van der Waals surface area (Å²) in [6.07, 6.45) is 1.82. The first kappa shape index (κ1) is 37.7. The van der Waals surface area contributed by atoms with E-state index in [2.05, 4.69) is 15.7 Å². The number of carbonyl (C=O) groups excluding carboxylic acids is 3. The molecule has 0 radical (unpaired) electrons. The number of benzene rings is 3. The van der Waals surface area contributed by atoms with Gasteiger partial charge in [0.25, 0.3) is 5.91 Å². The maximum atomic E-state index is 14.8. The van der Waals surface area contributed by atoms with Crippen LogP contribution >= 0.6 is 0 Å². The lowest BCUT2D eigenvalue weighted by Gasteiger charge is -2.36. The number of nitrogens with zero attached hydrogens (tertiary/aromatic N) is 3. The van der Waals surface area contributed by atoms with Crippen LogP contribution in [0.25, 0.3) is 11.1 Å². The van der Waals surface area contributed by atoms with Crippen LogP contribution in [-0.4, -0.2) is 81.5 Å². The lowest BCUT2D eigenvalue weighted by atomic mass is 9.75. The summed E-state index contributed by atoms with van der Waals surface area (Å²) < 4.78 is 4.83. The second kappa shape index (κ2) is 15.9. The molecular weight excluding hydrogens is 670 g/mol. The number of nitrogens with one attached hydrogen (secondary N) is 2. The Labute approximate surface area is 311 Å². The number of rotatable bonds is 12. The Hall–Kier alpha value is -5.10. The molecule has 11 nitrogen and oxygen atoms in total. The van der Waals surface area contributed by atoms with Crippen LogP contribution in [0.5, 0.6) is 0 Å². The number of fused-ring (bicyclic) bond motifs is 1. The molecule has 53 heavy (non-hydrogen) atoms. The van der Waals surface area contributed by atoms with Gasteiger partial charge in [-0.2, -0.15) is 0 Å². The van der Waals surface area contributed by atoms with Crippen molar-refractivity contribution >= 4 is 17.9 Å². The lowest BCUT2D eigenvalue weighted by Crippen LogP contribution is -2.57. The minimum atomic E-state index is -1.25. The van der Waals surface area contributed by atoms with E-state index in [0.717, 1.165) is 33.4 Å². The number of pyridine rings is 1. The largest absolute Gasteiger partial charge is 0.453 e. The molecule has 2 heterocycles. The molecule has 2 aliphatic rings. The zero-order chi connectivity index (χ0) is 37.8. The van der Waals surface area contributed by atoms with Crippen molar-refractivity contribution in [1.29, 1.82) is 0 Å². The predicted molar refractivity (Wildman–Crippen MR) is 201 cm³/mol. The van der Waals surface area contributed by atoms with E-state index >= 15 is 0 Å². The average molecular weight is 720 g/mol. The van der Waals surface area contributed by atoms with Gasteiger partial charge < -0.3 is 25.2 Å². The molecule has 3 amide bonds. The Balaban J connectivity index is 1.31. The maximum absolute atomic E-state index is 14.8. The zero-order valence-electron chi connectivity index (χ0n) is 30.7. The normalized spacial score (nSPS) is 21.7. The number of aliphatic hydroxyl groups excluding tert-OH is 2. The molecular formula is C42H49N5O6. The van der Waals surface area contributed by atoms with Gasteiger partial charge in [0.1, 0.15) is 6.04 Å². The van der Waals surface area contributed by atoms with Gasteiger partial charge in [-0.15, -0.1) is 0 Å². The number of β-amino-alcohol motifs (C(OH)–C–C–N with tert-alkyl or cyclic N) is 1. The molecule has 0 unspecified atom stereocenters. The Kier molecular flexibility index (Phi) is 11.3. The van der Waals surface area contributed by atoms with Crippen LogP contribution in [0.2, 0.25) is 0 Å². The minimum absolute atomic E-state index is 0.0691. The molecule has 278 valence electrons. The van der Waals surface area contributed by atoms with E-state index < -0.39 is 47.1 Å². The number of ether oxygens (including phenoxy) is 1. The van der Waals surface area contributed by atoms with E-state index in [1.165, 1.54) is 7.11 Å². The molecule has 6 rings (SSSR count). The van der Waals surface area contributed by atoms with Gasteiger partial charge in [-0.3, -0.25) is 20.0 Å². The van der Waals surface area contributed by atoms with Crippen molar-refractivity contribution in [2.45, 2.75) is 70.9 Å². The highest BCUT2D eigenvalue weighted by atomic mass is 16.5. The fourth-order valence-electron chi connectivity index (χ4n) is 7.71. The van der Waals surface area contributed by atoms with Crippen molar-refractivity contribution < 1.29 is 29.3 Å². The minimum Gasteiger partial charge on any atom is -0.453 e. The van der Waals surface area contributed by atoms with Crippen LogP contribution in [0.4, 0.5) is 4.79 Å². The van der Waals surface area contributed by atoms with Gasteiger partial charge in [0.05, 0.1) is 30.8 Å². The number of aromatic nitrogens is 1. The van der Waals surface area contributed by atoms with Gasteiger partial charge >= 0.3 is 6.09 Å². The first-order valence-corrected chi connectivity index (χ1v) is 18.1. The molecule has 1 fully saturated rings. The molecule has 4 N–H and O–H groups in total. The third-order valence-corrected chi connectivity index (χ3v) is 10.6. The number of hydrazine groups is 1. The van der Waals surface area contributed by atoms with Crippen molar-refractivity contribution in [3.63, 3.8) is 0 Å². The van der Waals surface area contributed by atoms with Crippen LogP contribution < -0.4 is 10.7 Å². The van der Waals surface area contributed by atoms with E-state index in [1.54, 1.807) is 22.3 Å². The van der Waals surface area contributed by atoms with Gasteiger partial charge in [0.2, 0.25) is 5.91 Å². The quantitative estimate of drug-likeness (QED) is 0.153. The molecule has 0 bridgehead atoms. The Morgan fingerprint density at radius 1 is 0.943 bits per heavy atom. The first-order chi connectivity index (χ1) is 25.4. The highest BCUT2D eigenvalue weighted by Gasteiger charge is 2.56. The number of hydrogen-bond acceptors (Lipinski definition) is 8. The van der Waals surface area contributed by atoms with Gasteiger partial charge in [0, 0.05) is 38.4 Å². The number of carbonyl (C=O) groups is 3. The summed E-state index contributed by atoms with van der Waals surface area (Å²) in [5, 5.41) is 27.6. The van der Waals surface area contributed by atoms with Crippen LogP contribution in [0, 0.1) is 10.8 Å². The molecule has 11 heteroatoms. The van der Waals surface area contributed by atoms with Gasteiger partial charge in [-0.05, 0) is 63.8 Å². The van der Waals surface area contributed by atoms with E-state index in [4.69, 9.17) is 4.74 Å². The zero-order valence-corrected chi connectivity index (χ0v) is 30.7. The van der Waals surface area contributed by atoms with Gasteiger partial charge in [-0.25, -0.2) is 9.80 Å². The number of amides is 3. The summed E-state index contributed by atoms with van der Waals surface area (Å²) in [5.74, 6) is -0.679. The van der Waals surface area contributed by atoms with E-state index in [0.29, 0.717) is 6.42 Å². The van der Waals surface area contributed by atoms with E-state index in [-0.39, 0.29) is 38.4 Å². The number of hydrogen-bond donors (Lipinski definition) is 4. The molecule has 1 aliphatic heterocycles. The van der Waals surface area contributed by atoms with Crippen molar-refractivity contribution in [1.82, 2.24) is 25.6 Å². The Bertz CT molecular complexity index is 1880. The van der Waals surface area contributed by atoms with Crippen LogP contribution in [0.15, 0.2) is 103 Å². The lowest BCUT2D eigenvalue weighted by molar-refractivity contribution is -0.142. The standard InChI is InChI=1S/C42H49N5O6/c1-41(2,3)37(44-40(52)53-4)38(50)45-46(26-29-14-16-30(17-15-29)31-18-21-43-22-19-31)23-20-42(25-28-10-6-5-7-11-28)35(49)27-47(39(42)51)36-33-13-9-8-12-32(33)24-34(36)48/h5-19,21-22,34-37,48-49H,20,23-27H2,1-4H3,(H,44,52)(H,45,50)/t34-,35-,36+,37-,42+/m1/s1. The van der Waals surface area contributed by atoms with Crippen molar-refractivity contribution in [2.75, 3.05) is 20.2 Å². The summed E-state index contributed by atoms with van der Waals surface area (Å²) in [7, 11) is 1.25. The molecule has 0 spiro atoms. The van der Waals surface area contributed by atoms with Crippen LogP contribution in [0.3, 0.4) is 0 Å². The van der Waals surface area contributed by atoms with Crippen molar-refractivity contribution in [3.8, 4) is 11.1 Å². The molecule has 5 atom stereocenters. The number of aliphatic hydroxyl groups is 2. The molecule has 0 saturated carbocycles. The molecule has 4 aromatic rings. The van der Waals surface area contributed by atoms with Crippen LogP contribution in [0.1, 0.15) is 55.5 Å². The number of methoxy groups -OCH3 is 1. The highest BCUT2D eigenvalue weighted by Crippen LogP contribution is 2.46. The summed E-state index contributed by atoms with van der Waals surface area (Å²) in [6, 6.07) is 27.7. The summed E-state index contributed by atoms with van der Waals surface area (Å²) in [4.78, 5) is 46.9. The maximum Gasteiger partial charge on any atom is 0.407 e. The van der Waals surface area contributed by atoms with E-state index in [9.17, 15) is 24.6 Å². The second-order valence-corrected chi connectivity index (χ2v) is 15.2. The Morgan fingerprint density at radius 2 is 1.60 bits per heavy atom. The summed E-state index contributed by atoms with van der Waals surface area (Å²) in [5.41, 5.74) is 6.84. The topological polar surface area (TPSA) is 144 Å². The second-order valence-electron chi connectivity index (χ2n) is 15.2. The van der Waals surface area contributed by atoms with Crippen molar-refractivity contribution in [3.05, 3.63) is 126 Å². The third-order valence-electron chi connectivity index (χ3n) is 10.6. The molecule has 1 aliphatic carbocycles. The SMILES string of the molecule is COC(=O)N[C@H](C(=O)NN(CC[C@@]1(Cc2ccccc2)C(=O)N([C@H]2c3ccccc3C[C@H]2O)C[C@H]1O)Cc1ccc(-c2ccncc2)cc1)C(C)(C)C. The molecule has 3 aromatic carbocycles. The van der Waals surface area contributed by atoms with Gasteiger partial charge in [-0.1, -0.05) is 99.6 Å². The summed E-state index contributed by atoms with van der Waals surface area (Å²) >= 11 is 0. The monoisotopic (exact) mass is 719 g/mol. The van der Waals surface area contributed by atoms with E-state index in [1.807, 2.05) is 112 Å². The predicted octanol–water partition coefficient (Wildman–Crippen LogP) is 4.83. The third kappa shape index (κ3) is 8.27. The fraction of sp³-hybridized carbons (Fsp3) is 0.381. The summed E-state index contributed by atoms with van der Waals surface area (Å²) in [6.45, 7) is 6.09. The van der Waals surface area contributed by atoms with Gasteiger partial charge in [0.15, 0.2) is 0 Å². The smallest absolute Gasteiger partial charge is 0.407 e. The molecule has 1 aromatic heterocycles. The number of likely N-dealkylation sites (tertiary alicyclic amines) is 1. The highest BCUT2D eigenvalue weighted by molar-refractivity contribution is 5.87. The Morgan fingerprint density at radius 3 is 2.28 bits per heavy atom. The van der Waals surface area contributed by atoms with Crippen molar-refractivity contribution in [2.24, 2.45) is 10.8 Å². The average Bonchev–Trinajstić information content (AvgIpc) is 3.60. The number of alkyl carbamates (subject to hydrolysis) is 1. The fourth-order valence-corrected chi connectivity index (χ4v) is 7.71. The first-order valence-electron chi connectivity index (χ1n) is 18.1. The molecule has 1 saturated heterocycles. The van der Waals surface area contributed by atoms with Crippen LogP contribution in [-0.2, 0) is 33.7 Å².